The molecule has 4 nitrogen and oxygen atoms in total. The highest BCUT2D eigenvalue weighted by Gasteiger charge is 2.27. The Morgan fingerprint density at radius 2 is 2.57 bits per heavy atom. The van der Waals surface area contributed by atoms with Crippen LogP contribution in [0.15, 0.2) is 24.0 Å². The molecule has 4 heteroatoms. The lowest BCUT2D eigenvalue weighted by molar-refractivity contribution is -0.143. The summed E-state index contributed by atoms with van der Waals surface area (Å²) in [5.41, 5.74) is 0. The molecule has 0 saturated carbocycles. The fraction of sp³-hybridized carbons (Fsp3) is 0.500. The Morgan fingerprint density at radius 1 is 1.71 bits per heavy atom. The van der Waals surface area contributed by atoms with Crippen LogP contribution in [-0.2, 0) is 9.53 Å². The van der Waals surface area contributed by atoms with Crippen molar-refractivity contribution in [3.05, 3.63) is 24.0 Å². The van der Waals surface area contributed by atoms with Crippen molar-refractivity contribution < 1.29 is 9.53 Å². The Kier molecular flexibility index (Phi) is 2.43. The SMILES string of the molecule is COC(=O)C1CCN2CC=CC=C2N1. The first-order valence-corrected chi connectivity index (χ1v) is 4.77. The number of hydrogen-bond donors (Lipinski definition) is 1. The zero-order valence-electron chi connectivity index (χ0n) is 8.19. The molecule has 0 aromatic heterocycles. The number of carbonyl (C=O) groups is 1. The number of fused-ring (bicyclic) bond motifs is 1. The minimum Gasteiger partial charge on any atom is -0.467 e. The molecule has 1 atom stereocenters. The Balaban J connectivity index is 2.05. The molecule has 0 spiro atoms. The van der Waals surface area contributed by atoms with Crippen LogP contribution < -0.4 is 5.32 Å². The van der Waals surface area contributed by atoms with E-state index in [9.17, 15) is 4.79 Å². The molecule has 2 rings (SSSR count). The van der Waals surface area contributed by atoms with Gasteiger partial charge in [-0.15, -0.1) is 0 Å². The van der Waals surface area contributed by atoms with Gasteiger partial charge in [0.2, 0.25) is 0 Å². The minimum atomic E-state index is -0.186. The highest BCUT2D eigenvalue weighted by atomic mass is 16.5. The second kappa shape index (κ2) is 3.74. The minimum absolute atomic E-state index is 0.180. The van der Waals surface area contributed by atoms with Crippen molar-refractivity contribution in [2.24, 2.45) is 0 Å². The quantitative estimate of drug-likeness (QED) is 0.607. The average molecular weight is 194 g/mol. The van der Waals surface area contributed by atoms with E-state index in [1.807, 2.05) is 12.2 Å². The molecule has 1 fully saturated rings. The molecule has 0 amide bonds. The summed E-state index contributed by atoms with van der Waals surface area (Å²) in [6.45, 7) is 1.83. The van der Waals surface area contributed by atoms with Crippen molar-refractivity contribution in [1.29, 1.82) is 0 Å². The van der Waals surface area contributed by atoms with Crippen LogP contribution in [0.25, 0.3) is 0 Å². The van der Waals surface area contributed by atoms with Gasteiger partial charge in [0.05, 0.1) is 7.11 Å². The van der Waals surface area contributed by atoms with E-state index < -0.39 is 0 Å². The van der Waals surface area contributed by atoms with Crippen molar-refractivity contribution in [3.8, 4) is 0 Å². The summed E-state index contributed by atoms with van der Waals surface area (Å²) < 4.78 is 4.70. The number of allylic oxidation sites excluding steroid dienone is 2. The van der Waals surface area contributed by atoms with E-state index in [-0.39, 0.29) is 12.0 Å². The molecule has 76 valence electrons. The van der Waals surface area contributed by atoms with E-state index in [0.29, 0.717) is 0 Å². The summed E-state index contributed by atoms with van der Waals surface area (Å²) >= 11 is 0. The molecule has 0 aliphatic carbocycles. The maximum absolute atomic E-state index is 11.3. The molecule has 1 unspecified atom stereocenters. The largest absolute Gasteiger partial charge is 0.467 e. The first-order chi connectivity index (χ1) is 6.81. The average Bonchev–Trinajstić information content (AvgIpc) is 2.27. The van der Waals surface area contributed by atoms with Crippen LogP contribution in [0.2, 0.25) is 0 Å². The zero-order valence-corrected chi connectivity index (χ0v) is 8.19. The number of hydrogen-bond acceptors (Lipinski definition) is 4. The molecule has 0 aromatic rings. The predicted octanol–water partition coefficient (Wildman–Crippen LogP) is 0.234. The standard InChI is InChI=1S/C10H14N2O2/c1-14-10(13)8-5-7-12-6-3-2-4-9(12)11-8/h2-4,8,11H,5-7H2,1H3. The molecule has 1 saturated heterocycles. The van der Waals surface area contributed by atoms with Crippen LogP contribution in [0.3, 0.4) is 0 Å². The molecule has 0 bridgehead atoms. The van der Waals surface area contributed by atoms with Crippen LogP contribution >= 0.6 is 0 Å². The highest BCUT2D eigenvalue weighted by Crippen LogP contribution is 2.15. The molecule has 0 radical (unpaired) electrons. The lowest BCUT2D eigenvalue weighted by Crippen LogP contribution is -2.49. The van der Waals surface area contributed by atoms with Gasteiger partial charge in [-0.1, -0.05) is 12.2 Å². The third-order valence-electron chi connectivity index (χ3n) is 2.55. The molecule has 14 heavy (non-hydrogen) atoms. The first kappa shape index (κ1) is 9.12. The Morgan fingerprint density at radius 3 is 3.36 bits per heavy atom. The van der Waals surface area contributed by atoms with Gasteiger partial charge in [-0.05, 0) is 12.5 Å². The maximum Gasteiger partial charge on any atom is 0.328 e. The van der Waals surface area contributed by atoms with E-state index >= 15 is 0 Å². The Bertz CT molecular complexity index is 296. The van der Waals surface area contributed by atoms with E-state index in [1.54, 1.807) is 0 Å². The fourth-order valence-corrected chi connectivity index (χ4v) is 1.76. The monoisotopic (exact) mass is 194 g/mol. The molecular weight excluding hydrogens is 180 g/mol. The summed E-state index contributed by atoms with van der Waals surface area (Å²) in [5, 5.41) is 3.17. The summed E-state index contributed by atoms with van der Waals surface area (Å²) in [5.74, 6) is 0.842. The number of ether oxygens (including phenoxy) is 1. The Hall–Kier alpha value is -1.45. The molecule has 2 aliphatic heterocycles. The topological polar surface area (TPSA) is 41.6 Å². The van der Waals surface area contributed by atoms with Gasteiger partial charge in [0.25, 0.3) is 0 Å². The predicted molar refractivity (Wildman–Crippen MR) is 52.4 cm³/mol. The summed E-state index contributed by atoms with van der Waals surface area (Å²) in [4.78, 5) is 13.5. The molecular formula is C10H14N2O2. The van der Waals surface area contributed by atoms with Crippen LogP contribution in [0.1, 0.15) is 6.42 Å². The van der Waals surface area contributed by atoms with E-state index in [0.717, 1.165) is 25.3 Å². The Labute approximate surface area is 83.2 Å². The molecule has 0 aromatic carbocycles. The van der Waals surface area contributed by atoms with Crippen LogP contribution in [-0.4, -0.2) is 37.1 Å². The summed E-state index contributed by atoms with van der Waals surface area (Å²) in [6.07, 6.45) is 6.89. The van der Waals surface area contributed by atoms with Gasteiger partial charge in [-0.2, -0.15) is 0 Å². The van der Waals surface area contributed by atoms with Gasteiger partial charge in [0.15, 0.2) is 0 Å². The molecule has 2 aliphatic rings. The second-order valence-electron chi connectivity index (χ2n) is 3.43. The third kappa shape index (κ3) is 1.60. The van der Waals surface area contributed by atoms with Gasteiger partial charge in [0, 0.05) is 13.1 Å². The van der Waals surface area contributed by atoms with E-state index in [1.165, 1.54) is 7.11 Å². The smallest absolute Gasteiger partial charge is 0.328 e. The first-order valence-electron chi connectivity index (χ1n) is 4.77. The molecule has 2 heterocycles. The molecule has 1 N–H and O–H groups in total. The number of esters is 1. The van der Waals surface area contributed by atoms with Crippen LogP contribution in [0.4, 0.5) is 0 Å². The maximum atomic E-state index is 11.3. The fourth-order valence-electron chi connectivity index (χ4n) is 1.76. The van der Waals surface area contributed by atoms with Crippen molar-refractivity contribution in [2.45, 2.75) is 12.5 Å². The number of methoxy groups -OCH3 is 1. The van der Waals surface area contributed by atoms with Gasteiger partial charge in [0.1, 0.15) is 11.9 Å². The van der Waals surface area contributed by atoms with Crippen LogP contribution in [0.5, 0.6) is 0 Å². The van der Waals surface area contributed by atoms with Gasteiger partial charge in [-0.3, -0.25) is 0 Å². The van der Waals surface area contributed by atoms with Gasteiger partial charge < -0.3 is 15.0 Å². The number of rotatable bonds is 1. The zero-order chi connectivity index (χ0) is 9.97. The third-order valence-corrected chi connectivity index (χ3v) is 2.55. The van der Waals surface area contributed by atoms with Gasteiger partial charge in [-0.25, -0.2) is 4.79 Å². The van der Waals surface area contributed by atoms with Crippen molar-refractivity contribution >= 4 is 5.97 Å². The highest BCUT2D eigenvalue weighted by molar-refractivity contribution is 5.76. The van der Waals surface area contributed by atoms with E-state index in [2.05, 4.69) is 16.3 Å². The van der Waals surface area contributed by atoms with Gasteiger partial charge >= 0.3 is 5.97 Å². The van der Waals surface area contributed by atoms with E-state index in [4.69, 9.17) is 4.74 Å². The summed E-state index contributed by atoms with van der Waals surface area (Å²) in [6, 6.07) is -0.186. The van der Waals surface area contributed by atoms with Crippen molar-refractivity contribution in [2.75, 3.05) is 20.2 Å². The second-order valence-corrected chi connectivity index (χ2v) is 3.43. The number of nitrogens with one attached hydrogen (secondary N) is 1. The van der Waals surface area contributed by atoms with Crippen LogP contribution in [0, 0.1) is 0 Å². The normalized spacial score (nSPS) is 24.8. The lowest BCUT2D eigenvalue weighted by atomic mass is 10.1. The number of nitrogens with zero attached hydrogens (tertiary/aromatic N) is 1. The van der Waals surface area contributed by atoms with Crippen molar-refractivity contribution in [3.63, 3.8) is 0 Å². The lowest BCUT2D eigenvalue weighted by Gasteiger charge is -2.36. The van der Waals surface area contributed by atoms with Crippen molar-refractivity contribution in [1.82, 2.24) is 10.2 Å². The summed E-state index contributed by atoms with van der Waals surface area (Å²) in [7, 11) is 1.42. The number of carbonyl (C=O) groups excluding carboxylic acids is 1.